The molecule has 2 aromatic rings. The van der Waals surface area contributed by atoms with Gasteiger partial charge in [-0.3, -0.25) is 4.99 Å². The Morgan fingerprint density at radius 3 is 2.58 bits per heavy atom. The smallest absolute Gasteiger partial charge is 0.193 e. The van der Waals surface area contributed by atoms with Crippen molar-refractivity contribution in [3.8, 4) is 0 Å². The first kappa shape index (κ1) is 18.0. The van der Waals surface area contributed by atoms with Crippen LogP contribution in [0.15, 0.2) is 65.7 Å². The van der Waals surface area contributed by atoms with Gasteiger partial charge in [0.1, 0.15) is 5.82 Å². The van der Waals surface area contributed by atoms with Crippen LogP contribution in [0.5, 0.6) is 0 Å². The molecule has 1 N–H and O–H groups in total. The topological polar surface area (TPSA) is 30.9 Å². The van der Waals surface area contributed by atoms with Crippen molar-refractivity contribution in [2.45, 2.75) is 13.1 Å². The lowest BCUT2D eigenvalue weighted by atomic mass is 10.2. The van der Waals surface area contributed by atoms with Crippen LogP contribution in [0.2, 0.25) is 0 Å². The Labute approximate surface area is 154 Å². The fraction of sp³-hybridized carbons (Fsp3) is 0.286. The second kappa shape index (κ2) is 8.52. The molecular weight excluding hydrogens is 327 g/mol. The molecule has 5 heteroatoms. The van der Waals surface area contributed by atoms with Crippen LogP contribution in [-0.2, 0) is 13.1 Å². The third kappa shape index (κ3) is 4.63. The first-order valence-electron chi connectivity index (χ1n) is 8.81. The number of aliphatic imine (C=N–C) groups is 1. The molecule has 1 aliphatic heterocycles. The molecule has 0 saturated carbocycles. The molecule has 2 aromatic carbocycles. The van der Waals surface area contributed by atoms with Gasteiger partial charge >= 0.3 is 0 Å². The van der Waals surface area contributed by atoms with E-state index >= 15 is 0 Å². The number of hydrogen-bond acceptors (Lipinski definition) is 2. The molecule has 0 aliphatic carbocycles. The molecule has 0 atom stereocenters. The monoisotopic (exact) mass is 352 g/mol. The van der Waals surface area contributed by atoms with Crippen LogP contribution in [-0.4, -0.2) is 38.0 Å². The molecule has 1 heterocycles. The van der Waals surface area contributed by atoms with Gasteiger partial charge in [-0.05, 0) is 35.4 Å². The lowest BCUT2D eigenvalue weighted by molar-refractivity contribution is 0.474. The minimum absolute atomic E-state index is 0.216. The van der Waals surface area contributed by atoms with Crippen molar-refractivity contribution < 1.29 is 4.39 Å². The lowest BCUT2D eigenvalue weighted by Gasteiger charge is -2.23. The Balaban J connectivity index is 1.59. The SMILES string of the molecule is CN=C(NCc1cccc(N2CC=CC2)c1)N(C)Cc1cccc(F)c1. The summed E-state index contributed by atoms with van der Waals surface area (Å²) in [6.07, 6.45) is 4.38. The van der Waals surface area contributed by atoms with E-state index in [0.717, 1.165) is 24.6 Å². The van der Waals surface area contributed by atoms with Crippen LogP contribution in [0.3, 0.4) is 0 Å². The molecule has 4 nitrogen and oxygen atoms in total. The third-order valence-electron chi connectivity index (χ3n) is 4.43. The molecule has 3 rings (SSSR count). The Morgan fingerprint density at radius 2 is 1.85 bits per heavy atom. The van der Waals surface area contributed by atoms with E-state index < -0.39 is 0 Å². The molecule has 0 unspecified atom stereocenters. The van der Waals surface area contributed by atoms with Crippen LogP contribution in [0, 0.1) is 5.82 Å². The van der Waals surface area contributed by atoms with Gasteiger partial charge in [0.25, 0.3) is 0 Å². The standard InChI is InChI=1S/C21H25FN4/c1-23-21(25(2)16-18-8-5-9-19(22)13-18)24-15-17-7-6-10-20(14-17)26-11-3-4-12-26/h3-10,13-14H,11-12,15-16H2,1-2H3,(H,23,24). The van der Waals surface area contributed by atoms with Crippen molar-refractivity contribution in [3.63, 3.8) is 0 Å². The number of hydrogen-bond donors (Lipinski definition) is 1. The summed E-state index contributed by atoms with van der Waals surface area (Å²) >= 11 is 0. The Hall–Kier alpha value is -2.82. The highest BCUT2D eigenvalue weighted by Gasteiger charge is 2.10. The second-order valence-corrected chi connectivity index (χ2v) is 6.43. The Bertz CT molecular complexity index is 792. The quantitative estimate of drug-likeness (QED) is 0.508. The summed E-state index contributed by atoms with van der Waals surface area (Å²) in [5.41, 5.74) is 3.35. The summed E-state index contributed by atoms with van der Waals surface area (Å²) in [6.45, 7) is 3.22. The van der Waals surface area contributed by atoms with E-state index in [0.29, 0.717) is 13.1 Å². The van der Waals surface area contributed by atoms with Crippen molar-refractivity contribution >= 4 is 11.6 Å². The molecule has 0 bridgehead atoms. The first-order chi connectivity index (χ1) is 12.7. The van der Waals surface area contributed by atoms with Crippen molar-refractivity contribution in [2.24, 2.45) is 4.99 Å². The van der Waals surface area contributed by atoms with Crippen LogP contribution in [0.25, 0.3) is 0 Å². The molecule has 0 saturated heterocycles. The first-order valence-corrected chi connectivity index (χ1v) is 8.81. The van der Waals surface area contributed by atoms with Gasteiger partial charge in [0.2, 0.25) is 0 Å². The molecule has 0 amide bonds. The van der Waals surface area contributed by atoms with Gasteiger partial charge in [-0.25, -0.2) is 4.39 Å². The maximum atomic E-state index is 13.4. The van der Waals surface area contributed by atoms with E-state index in [1.54, 1.807) is 19.2 Å². The zero-order chi connectivity index (χ0) is 18.4. The van der Waals surface area contributed by atoms with Crippen LogP contribution < -0.4 is 10.2 Å². The summed E-state index contributed by atoms with van der Waals surface area (Å²) in [6, 6.07) is 15.2. The highest BCUT2D eigenvalue weighted by atomic mass is 19.1. The lowest BCUT2D eigenvalue weighted by Crippen LogP contribution is -2.38. The van der Waals surface area contributed by atoms with Crippen molar-refractivity contribution in [3.05, 3.63) is 77.6 Å². The van der Waals surface area contributed by atoms with Gasteiger partial charge in [0.05, 0.1) is 0 Å². The fourth-order valence-corrected chi connectivity index (χ4v) is 3.10. The molecule has 136 valence electrons. The van der Waals surface area contributed by atoms with Crippen LogP contribution in [0.1, 0.15) is 11.1 Å². The molecular formula is C21H25FN4. The largest absolute Gasteiger partial charge is 0.364 e. The van der Waals surface area contributed by atoms with E-state index in [2.05, 4.69) is 51.6 Å². The highest BCUT2D eigenvalue weighted by Crippen LogP contribution is 2.18. The minimum Gasteiger partial charge on any atom is -0.364 e. The number of anilines is 1. The van der Waals surface area contributed by atoms with Crippen LogP contribution in [0.4, 0.5) is 10.1 Å². The molecule has 0 radical (unpaired) electrons. The van der Waals surface area contributed by atoms with E-state index in [-0.39, 0.29) is 5.82 Å². The van der Waals surface area contributed by atoms with Gasteiger partial charge in [0, 0.05) is 46.0 Å². The summed E-state index contributed by atoms with van der Waals surface area (Å²) in [5.74, 6) is 0.564. The summed E-state index contributed by atoms with van der Waals surface area (Å²) in [7, 11) is 3.71. The second-order valence-electron chi connectivity index (χ2n) is 6.43. The van der Waals surface area contributed by atoms with Gasteiger partial charge in [0.15, 0.2) is 5.96 Å². The molecule has 0 spiro atoms. The Kier molecular flexibility index (Phi) is 5.89. The maximum Gasteiger partial charge on any atom is 0.193 e. The predicted octanol–water partition coefficient (Wildman–Crippen LogP) is 3.41. The van der Waals surface area contributed by atoms with Gasteiger partial charge < -0.3 is 15.1 Å². The van der Waals surface area contributed by atoms with Crippen molar-refractivity contribution in [1.29, 1.82) is 0 Å². The zero-order valence-electron chi connectivity index (χ0n) is 15.3. The molecule has 26 heavy (non-hydrogen) atoms. The summed E-state index contributed by atoms with van der Waals surface area (Å²) in [4.78, 5) is 8.66. The third-order valence-corrected chi connectivity index (χ3v) is 4.43. The average molecular weight is 352 g/mol. The highest BCUT2D eigenvalue weighted by molar-refractivity contribution is 5.79. The number of benzene rings is 2. The summed E-state index contributed by atoms with van der Waals surface area (Å²) in [5, 5.41) is 3.39. The van der Waals surface area contributed by atoms with Crippen LogP contribution >= 0.6 is 0 Å². The number of nitrogens with one attached hydrogen (secondary N) is 1. The summed E-state index contributed by atoms with van der Waals surface area (Å²) < 4.78 is 13.4. The van der Waals surface area contributed by atoms with E-state index in [4.69, 9.17) is 0 Å². The Morgan fingerprint density at radius 1 is 1.12 bits per heavy atom. The van der Waals surface area contributed by atoms with E-state index in [9.17, 15) is 4.39 Å². The van der Waals surface area contributed by atoms with Gasteiger partial charge in [-0.15, -0.1) is 0 Å². The molecule has 0 fully saturated rings. The fourth-order valence-electron chi connectivity index (χ4n) is 3.10. The van der Waals surface area contributed by atoms with Crippen molar-refractivity contribution in [1.82, 2.24) is 10.2 Å². The molecule has 1 aliphatic rings. The maximum absolute atomic E-state index is 13.4. The zero-order valence-corrected chi connectivity index (χ0v) is 15.3. The number of halogens is 1. The van der Waals surface area contributed by atoms with E-state index in [1.165, 1.54) is 17.3 Å². The number of guanidine groups is 1. The normalized spacial score (nSPS) is 14.0. The molecule has 0 aromatic heterocycles. The van der Waals surface area contributed by atoms with Gasteiger partial charge in [-0.1, -0.05) is 36.4 Å². The number of rotatable bonds is 5. The van der Waals surface area contributed by atoms with E-state index in [1.807, 2.05) is 18.0 Å². The van der Waals surface area contributed by atoms with Gasteiger partial charge in [-0.2, -0.15) is 0 Å². The predicted molar refractivity (Wildman–Crippen MR) is 106 cm³/mol. The average Bonchev–Trinajstić information content (AvgIpc) is 3.17. The minimum atomic E-state index is -0.216. The van der Waals surface area contributed by atoms with Crippen molar-refractivity contribution in [2.75, 3.05) is 32.1 Å². The number of nitrogens with zero attached hydrogens (tertiary/aromatic N) is 3.